The molecule has 19 heavy (non-hydrogen) atoms. The quantitative estimate of drug-likeness (QED) is 0.618. The molecule has 0 bridgehead atoms. The second-order valence-corrected chi connectivity index (χ2v) is 5.02. The van der Waals surface area contributed by atoms with E-state index in [2.05, 4.69) is 29.2 Å². The van der Waals surface area contributed by atoms with Gasteiger partial charge >= 0.3 is 5.88 Å². The number of aromatic hydroxyl groups is 1. The van der Waals surface area contributed by atoms with E-state index < -0.39 is 0 Å². The summed E-state index contributed by atoms with van der Waals surface area (Å²) in [6.45, 7) is 0. The lowest BCUT2D eigenvalue weighted by Gasteiger charge is -2.17. The molecule has 4 rings (SSSR count). The molecule has 4 heteroatoms. The number of aromatic nitrogens is 3. The van der Waals surface area contributed by atoms with E-state index in [4.69, 9.17) is 0 Å². The van der Waals surface area contributed by atoms with Crippen LogP contribution in [0.5, 0.6) is 5.88 Å². The Morgan fingerprint density at radius 2 is 2.11 bits per heavy atom. The van der Waals surface area contributed by atoms with Gasteiger partial charge in [0.15, 0.2) is 12.5 Å². The second-order valence-electron chi connectivity index (χ2n) is 5.02. The van der Waals surface area contributed by atoms with Crippen molar-refractivity contribution < 1.29 is 9.67 Å². The molecular formula is C15H14N3O+. The molecule has 2 heterocycles. The van der Waals surface area contributed by atoms with Gasteiger partial charge in [-0.15, -0.1) is 4.40 Å². The SMILES string of the molecule is C[n+]1cc(O)n2cnc3c(c21)CCc1ccccc1-3. The number of rotatable bonds is 0. The monoisotopic (exact) mass is 252 g/mol. The lowest BCUT2D eigenvalue weighted by Crippen LogP contribution is -2.28. The highest BCUT2D eigenvalue weighted by atomic mass is 16.3. The first-order valence-corrected chi connectivity index (χ1v) is 6.41. The van der Waals surface area contributed by atoms with Crippen LogP contribution >= 0.6 is 0 Å². The van der Waals surface area contributed by atoms with Crippen molar-refractivity contribution in [2.24, 2.45) is 7.05 Å². The first-order chi connectivity index (χ1) is 9.25. The Bertz CT molecular complexity index is 805. The molecule has 94 valence electrons. The summed E-state index contributed by atoms with van der Waals surface area (Å²) in [5, 5.41) is 9.89. The number of fused-ring (bicyclic) bond motifs is 5. The number of imidazole rings is 1. The third kappa shape index (κ3) is 1.34. The van der Waals surface area contributed by atoms with Gasteiger partial charge in [0.05, 0.1) is 18.3 Å². The smallest absolute Gasteiger partial charge is 0.328 e. The van der Waals surface area contributed by atoms with Crippen molar-refractivity contribution in [1.29, 1.82) is 0 Å². The number of nitrogens with zero attached hydrogens (tertiary/aromatic N) is 3. The van der Waals surface area contributed by atoms with Crippen LogP contribution in [0.25, 0.3) is 16.9 Å². The van der Waals surface area contributed by atoms with Gasteiger partial charge in [0, 0.05) is 5.56 Å². The highest BCUT2D eigenvalue weighted by molar-refractivity contribution is 5.73. The van der Waals surface area contributed by atoms with Crippen LogP contribution < -0.4 is 4.57 Å². The van der Waals surface area contributed by atoms with E-state index >= 15 is 0 Å². The standard InChI is InChI=1S/C15H13N3O/c1-17-8-13(19)18-9-16-14-11-5-3-2-4-10(11)6-7-12(14)15(17)18/h2-5,8-9H,6-7H2,1H3/p+1. The molecule has 0 aliphatic heterocycles. The predicted octanol–water partition coefficient (Wildman–Crippen LogP) is 1.63. The molecule has 0 fully saturated rings. The summed E-state index contributed by atoms with van der Waals surface area (Å²) in [6, 6.07) is 8.42. The zero-order chi connectivity index (χ0) is 13.0. The number of aryl methyl sites for hydroxylation is 3. The number of benzene rings is 1. The average Bonchev–Trinajstić information content (AvgIpc) is 2.74. The van der Waals surface area contributed by atoms with Gasteiger partial charge in [-0.2, -0.15) is 0 Å². The van der Waals surface area contributed by atoms with Crippen LogP contribution in [0, 0.1) is 0 Å². The van der Waals surface area contributed by atoms with Gasteiger partial charge in [0.25, 0.3) is 5.65 Å². The molecule has 1 N–H and O–H groups in total. The summed E-state index contributed by atoms with van der Waals surface area (Å²) in [5.41, 5.74) is 5.85. The molecule has 0 saturated heterocycles. The van der Waals surface area contributed by atoms with Crippen molar-refractivity contribution in [2.75, 3.05) is 0 Å². The maximum atomic E-state index is 9.89. The Hall–Kier alpha value is -2.36. The first-order valence-electron chi connectivity index (χ1n) is 6.41. The molecule has 0 radical (unpaired) electrons. The third-order valence-corrected chi connectivity index (χ3v) is 3.89. The molecule has 0 spiro atoms. The van der Waals surface area contributed by atoms with E-state index in [1.54, 1.807) is 16.9 Å². The Morgan fingerprint density at radius 1 is 1.26 bits per heavy atom. The molecule has 4 nitrogen and oxygen atoms in total. The van der Waals surface area contributed by atoms with Crippen LogP contribution in [0.3, 0.4) is 0 Å². The largest absolute Gasteiger partial charge is 0.475 e. The number of hydrogen-bond donors (Lipinski definition) is 1. The summed E-state index contributed by atoms with van der Waals surface area (Å²) >= 11 is 0. The van der Waals surface area contributed by atoms with Gasteiger partial charge in [-0.25, -0.2) is 9.55 Å². The van der Waals surface area contributed by atoms with Crippen LogP contribution in [0.1, 0.15) is 11.1 Å². The molecule has 1 aliphatic carbocycles. The molecule has 0 saturated carbocycles. The van der Waals surface area contributed by atoms with E-state index in [9.17, 15) is 5.11 Å². The van der Waals surface area contributed by atoms with Crippen LogP contribution in [-0.2, 0) is 19.9 Å². The summed E-state index contributed by atoms with van der Waals surface area (Å²) in [4.78, 5) is 4.55. The molecule has 0 atom stereocenters. The zero-order valence-electron chi connectivity index (χ0n) is 10.7. The Kier molecular flexibility index (Phi) is 1.98. The first kappa shape index (κ1) is 10.6. The minimum Gasteiger partial charge on any atom is -0.475 e. The highest BCUT2D eigenvalue weighted by Gasteiger charge is 2.26. The van der Waals surface area contributed by atoms with Gasteiger partial charge in [-0.05, 0) is 18.4 Å². The zero-order valence-corrected chi connectivity index (χ0v) is 10.7. The Balaban J connectivity index is 2.11. The van der Waals surface area contributed by atoms with Gasteiger partial charge in [0.2, 0.25) is 0 Å². The summed E-state index contributed by atoms with van der Waals surface area (Å²) in [5.74, 6) is 0.228. The summed E-state index contributed by atoms with van der Waals surface area (Å²) in [6.07, 6.45) is 5.40. The Morgan fingerprint density at radius 3 is 3.00 bits per heavy atom. The van der Waals surface area contributed by atoms with E-state index in [-0.39, 0.29) is 5.88 Å². The van der Waals surface area contributed by atoms with Crippen molar-refractivity contribution in [3.05, 3.63) is 47.9 Å². The maximum absolute atomic E-state index is 9.89. The van der Waals surface area contributed by atoms with Gasteiger partial charge in [-0.3, -0.25) is 0 Å². The van der Waals surface area contributed by atoms with E-state index in [0.29, 0.717) is 0 Å². The fourth-order valence-corrected chi connectivity index (χ4v) is 3.04. The van der Waals surface area contributed by atoms with Crippen molar-refractivity contribution >= 4 is 5.65 Å². The normalized spacial score (nSPS) is 13.3. The van der Waals surface area contributed by atoms with Crippen LogP contribution in [0.2, 0.25) is 0 Å². The minimum absolute atomic E-state index is 0.228. The maximum Gasteiger partial charge on any atom is 0.328 e. The van der Waals surface area contributed by atoms with Crippen molar-refractivity contribution in [2.45, 2.75) is 12.8 Å². The van der Waals surface area contributed by atoms with Crippen LogP contribution in [0.15, 0.2) is 36.8 Å². The van der Waals surface area contributed by atoms with Crippen molar-refractivity contribution in [3.8, 4) is 17.1 Å². The van der Waals surface area contributed by atoms with E-state index in [1.807, 2.05) is 11.6 Å². The molecule has 1 aromatic carbocycles. The molecular weight excluding hydrogens is 238 g/mol. The highest BCUT2D eigenvalue weighted by Crippen LogP contribution is 2.33. The van der Waals surface area contributed by atoms with E-state index in [1.165, 1.54) is 16.7 Å². The minimum atomic E-state index is 0.228. The van der Waals surface area contributed by atoms with Crippen LogP contribution in [-0.4, -0.2) is 14.5 Å². The lowest BCUT2D eigenvalue weighted by molar-refractivity contribution is -0.644. The molecule has 0 amide bonds. The second kappa shape index (κ2) is 3.57. The summed E-state index contributed by atoms with van der Waals surface area (Å²) < 4.78 is 3.70. The van der Waals surface area contributed by atoms with Gasteiger partial charge < -0.3 is 5.11 Å². The van der Waals surface area contributed by atoms with Crippen molar-refractivity contribution in [3.63, 3.8) is 0 Å². The fraction of sp³-hybridized carbons (Fsp3) is 0.200. The Labute approximate surface area is 110 Å². The van der Waals surface area contributed by atoms with Gasteiger partial charge in [-0.1, -0.05) is 24.3 Å². The van der Waals surface area contributed by atoms with Gasteiger partial charge in [0.1, 0.15) is 0 Å². The molecule has 1 aliphatic rings. The number of hydrogen-bond acceptors (Lipinski definition) is 2. The molecule has 3 aromatic rings. The average molecular weight is 252 g/mol. The van der Waals surface area contributed by atoms with Crippen LogP contribution in [0.4, 0.5) is 0 Å². The van der Waals surface area contributed by atoms with E-state index in [0.717, 1.165) is 24.2 Å². The van der Waals surface area contributed by atoms with Crippen molar-refractivity contribution in [1.82, 2.24) is 9.38 Å². The molecule has 0 unspecified atom stereocenters. The molecule has 2 aromatic heterocycles. The predicted molar refractivity (Wildman–Crippen MR) is 70.9 cm³/mol. The summed E-state index contributed by atoms with van der Waals surface area (Å²) in [7, 11) is 1.95. The third-order valence-electron chi connectivity index (χ3n) is 3.89. The topological polar surface area (TPSA) is 41.4 Å². The lowest BCUT2D eigenvalue weighted by atomic mass is 9.89. The fourth-order valence-electron chi connectivity index (χ4n) is 3.04.